The number of carbonyl (C=O) groups excluding carboxylic acids is 1. The van der Waals surface area contributed by atoms with Gasteiger partial charge in [0, 0.05) is 17.1 Å². The maximum Gasteiger partial charge on any atom is 0.257 e. The molecular formula is C17H11ClF2N2O2. The third-order valence-electron chi connectivity index (χ3n) is 3.39. The van der Waals surface area contributed by atoms with Crippen LogP contribution in [0.2, 0.25) is 5.02 Å². The van der Waals surface area contributed by atoms with Gasteiger partial charge in [0.15, 0.2) is 17.4 Å². The van der Waals surface area contributed by atoms with Gasteiger partial charge in [-0.15, -0.1) is 0 Å². The van der Waals surface area contributed by atoms with Gasteiger partial charge in [0.2, 0.25) is 0 Å². The summed E-state index contributed by atoms with van der Waals surface area (Å²) in [6.45, 7) is 0.209. The summed E-state index contributed by atoms with van der Waals surface area (Å²) in [7, 11) is 0. The minimum absolute atomic E-state index is 0.0607. The largest absolute Gasteiger partial charge is 0.355 e. The van der Waals surface area contributed by atoms with Gasteiger partial charge in [-0.25, -0.2) is 8.78 Å². The monoisotopic (exact) mass is 348 g/mol. The van der Waals surface area contributed by atoms with Gasteiger partial charge in [-0.3, -0.25) is 4.79 Å². The number of hydrogen-bond acceptors (Lipinski definition) is 3. The van der Waals surface area contributed by atoms with Crippen LogP contribution in [0.1, 0.15) is 15.9 Å². The van der Waals surface area contributed by atoms with Gasteiger partial charge in [0.25, 0.3) is 5.91 Å². The first-order valence-electron chi connectivity index (χ1n) is 6.98. The van der Waals surface area contributed by atoms with Gasteiger partial charge < -0.3 is 9.84 Å². The molecule has 24 heavy (non-hydrogen) atoms. The summed E-state index contributed by atoms with van der Waals surface area (Å²) in [4.78, 5) is 12.3. The molecule has 4 nitrogen and oxygen atoms in total. The molecule has 1 aromatic heterocycles. The molecule has 0 aliphatic rings. The van der Waals surface area contributed by atoms with E-state index in [1.165, 1.54) is 12.3 Å². The molecule has 0 aliphatic heterocycles. The van der Waals surface area contributed by atoms with Gasteiger partial charge in [0.1, 0.15) is 5.56 Å². The van der Waals surface area contributed by atoms with Crippen molar-refractivity contribution in [2.75, 3.05) is 0 Å². The van der Waals surface area contributed by atoms with Crippen molar-refractivity contribution in [3.8, 4) is 11.3 Å². The van der Waals surface area contributed by atoms with E-state index in [1.807, 2.05) is 0 Å². The maximum atomic E-state index is 13.4. The molecule has 0 aliphatic carbocycles. The quantitative estimate of drug-likeness (QED) is 0.768. The zero-order chi connectivity index (χ0) is 17.1. The first-order chi connectivity index (χ1) is 11.6. The second kappa shape index (κ2) is 6.80. The topological polar surface area (TPSA) is 55.1 Å². The summed E-state index contributed by atoms with van der Waals surface area (Å²) in [5.74, 6) is -2.42. The molecule has 7 heteroatoms. The highest BCUT2D eigenvalue weighted by Gasteiger charge is 2.19. The Morgan fingerprint density at radius 3 is 2.71 bits per heavy atom. The van der Waals surface area contributed by atoms with E-state index in [1.54, 1.807) is 24.3 Å². The Morgan fingerprint density at radius 2 is 1.96 bits per heavy atom. The lowest BCUT2D eigenvalue weighted by Gasteiger charge is -2.06. The molecule has 0 saturated carbocycles. The maximum absolute atomic E-state index is 13.4. The third-order valence-corrected chi connectivity index (χ3v) is 3.76. The first-order valence-corrected chi connectivity index (χ1v) is 7.36. The molecule has 0 bridgehead atoms. The molecule has 0 radical (unpaired) electrons. The van der Waals surface area contributed by atoms with Crippen LogP contribution in [0.4, 0.5) is 8.78 Å². The average Bonchev–Trinajstić information content (AvgIpc) is 3.06. The molecule has 3 rings (SSSR count). The summed E-state index contributed by atoms with van der Waals surface area (Å²) in [5.41, 5.74) is 1.08. The Labute approximate surface area is 141 Å². The van der Waals surface area contributed by atoms with E-state index in [9.17, 15) is 13.6 Å². The van der Waals surface area contributed by atoms with Crippen molar-refractivity contribution in [3.63, 3.8) is 0 Å². The van der Waals surface area contributed by atoms with Crippen LogP contribution < -0.4 is 5.32 Å². The fourth-order valence-corrected chi connectivity index (χ4v) is 2.36. The smallest absolute Gasteiger partial charge is 0.257 e. The minimum atomic E-state index is -1.04. The minimum Gasteiger partial charge on any atom is -0.355 e. The normalized spacial score (nSPS) is 10.6. The molecule has 122 valence electrons. The van der Waals surface area contributed by atoms with Gasteiger partial charge in [-0.1, -0.05) is 35.0 Å². The predicted octanol–water partition coefficient (Wildman–Crippen LogP) is 4.20. The van der Waals surface area contributed by atoms with Crippen molar-refractivity contribution in [1.82, 2.24) is 10.5 Å². The molecule has 1 heterocycles. The number of benzene rings is 2. The van der Waals surface area contributed by atoms with E-state index in [0.29, 0.717) is 5.02 Å². The SMILES string of the molecule is O=C(NCc1ccccc1Cl)c1cnoc1-c1ccc(F)c(F)c1. The third kappa shape index (κ3) is 3.28. The van der Waals surface area contributed by atoms with Crippen molar-refractivity contribution in [2.24, 2.45) is 0 Å². The molecule has 1 N–H and O–H groups in total. The number of rotatable bonds is 4. The van der Waals surface area contributed by atoms with Crippen LogP contribution in [-0.2, 0) is 6.54 Å². The molecule has 2 aromatic carbocycles. The first kappa shape index (κ1) is 16.1. The summed E-state index contributed by atoms with van der Waals surface area (Å²) in [6.07, 6.45) is 1.22. The van der Waals surface area contributed by atoms with E-state index in [4.69, 9.17) is 16.1 Å². The van der Waals surface area contributed by atoms with Crippen molar-refractivity contribution in [1.29, 1.82) is 0 Å². The molecule has 3 aromatic rings. The van der Waals surface area contributed by atoms with Gasteiger partial charge in [-0.2, -0.15) is 0 Å². The van der Waals surface area contributed by atoms with Crippen LogP contribution in [0.15, 0.2) is 53.2 Å². The lowest BCUT2D eigenvalue weighted by molar-refractivity contribution is 0.0951. The van der Waals surface area contributed by atoms with Crippen molar-refractivity contribution >= 4 is 17.5 Å². The number of amides is 1. The molecule has 0 saturated heterocycles. The van der Waals surface area contributed by atoms with Crippen LogP contribution >= 0.6 is 11.6 Å². The Bertz CT molecular complexity index is 896. The molecule has 1 amide bonds. The Hall–Kier alpha value is -2.73. The number of halogens is 3. The Kier molecular flexibility index (Phi) is 4.57. The molecule has 0 atom stereocenters. The lowest BCUT2D eigenvalue weighted by Crippen LogP contribution is -2.23. The van der Waals surface area contributed by atoms with E-state index >= 15 is 0 Å². The number of aromatic nitrogens is 1. The van der Waals surface area contributed by atoms with Gasteiger partial charge in [0.05, 0.1) is 6.20 Å². The van der Waals surface area contributed by atoms with E-state index < -0.39 is 17.5 Å². The number of nitrogens with zero attached hydrogens (tertiary/aromatic N) is 1. The summed E-state index contributed by atoms with van der Waals surface area (Å²) in [5, 5.41) is 6.78. The van der Waals surface area contributed by atoms with E-state index in [0.717, 1.165) is 17.7 Å². The molecule has 0 unspecified atom stereocenters. The van der Waals surface area contributed by atoms with Crippen molar-refractivity contribution in [2.45, 2.75) is 6.54 Å². The summed E-state index contributed by atoms with van der Waals surface area (Å²) >= 11 is 6.03. The number of nitrogens with one attached hydrogen (secondary N) is 1. The van der Waals surface area contributed by atoms with Gasteiger partial charge in [-0.05, 0) is 29.8 Å². The Balaban J connectivity index is 1.80. The van der Waals surface area contributed by atoms with Crippen LogP contribution in [0.5, 0.6) is 0 Å². The van der Waals surface area contributed by atoms with Crippen LogP contribution in [-0.4, -0.2) is 11.1 Å². The molecular weight excluding hydrogens is 338 g/mol. The van der Waals surface area contributed by atoms with Gasteiger partial charge >= 0.3 is 0 Å². The van der Waals surface area contributed by atoms with Crippen LogP contribution in [0, 0.1) is 11.6 Å². The summed E-state index contributed by atoms with van der Waals surface area (Å²) < 4.78 is 31.4. The fraction of sp³-hybridized carbons (Fsp3) is 0.0588. The highest BCUT2D eigenvalue weighted by atomic mass is 35.5. The molecule has 0 spiro atoms. The van der Waals surface area contributed by atoms with E-state index in [-0.39, 0.29) is 23.4 Å². The average molecular weight is 349 g/mol. The van der Waals surface area contributed by atoms with Crippen molar-refractivity contribution < 1.29 is 18.1 Å². The predicted molar refractivity (Wildman–Crippen MR) is 84.5 cm³/mol. The second-order valence-corrected chi connectivity index (χ2v) is 5.38. The second-order valence-electron chi connectivity index (χ2n) is 4.97. The lowest BCUT2D eigenvalue weighted by atomic mass is 10.1. The zero-order valence-corrected chi connectivity index (χ0v) is 13.0. The fourth-order valence-electron chi connectivity index (χ4n) is 2.16. The molecule has 0 fully saturated rings. The highest BCUT2D eigenvalue weighted by Crippen LogP contribution is 2.25. The van der Waals surface area contributed by atoms with Crippen molar-refractivity contribution in [3.05, 3.63) is 76.4 Å². The zero-order valence-electron chi connectivity index (χ0n) is 12.2. The highest BCUT2D eigenvalue weighted by molar-refractivity contribution is 6.31. The number of hydrogen-bond donors (Lipinski definition) is 1. The summed E-state index contributed by atoms with van der Waals surface area (Å²) in [6, 6.07) is 10.3. The van der Waals surface area contributed by atoms with Crippen LogP contribution in [0.25, 0.3) is 11.3 Å². The van der Waals surface area contributed by atoms with Crippen LogP contribution in [0.3, 0.4) is 0 Å². The Morgan fingerprint density at radius 1 is 1.17 bits per heavy atom. The standard InChI is InChI=1S/C17H11ClF2N2O2/c18-13-4-2-1-3-11(13)8-21-17(23)12-9-22-24-16(12)10-5-6-14(19)15(20)7-10/h1-7,9H,8H2,(H,21,23). The van der Waals surface area contributed by atoms with E-state index in [2.05, 4.69) is 10.5 Å². The number of carbonyl (C=O) groups is 1.